The van der Waals surface area contributed by atoms with Gasteiger partial charge in [0.05, 0.1) is 11.3 Å². The van der Waals surface area contributed by atoms with Gasteiger partial charge in [0.2, 0.25) is 0 Å². The second-order valence-electron chi connectivity index (χ2n) is 3.97. The summed E-state index contributed by atoms with van der Waals surface area (Å²) in [4.78, 5) is 12.2. The fraction of sp³-hybridized carbons (Fsp3) is 0. The second kappa shape index (κ2) is 6.15. The Balaban J connectivity index is 2.35. The number of nitrogens with one attached hydrogen (secondary N) is 1. The van der Waals surface area contributed by atoms with Crippen molar-refractivity contribution in [2.24, 2.45) is 0 Å². The topological polar surface area (TPSA) is 75.3 Å². The highest BCUT2D eigenvalue weighted by molar-refractivity contribution is 9.11. The first kappa shape index (κ1) is 15.3. The maximum atomic E-state index is 12.2. The summed E-state index contributed by atoms with van der Waals surface area (Å²) in [7, 11) is 0. The van der Waals surface area contributed by atoms with Gasteiger partial charge in [-0.1, -0.05) is 15.9 Å². The first-order valence-corrected chi connectivity index (χ1v) is 7.81. The number of aromatic hydroxyl groups is 1. The minimum absolute atomic E-state index is 0.0155. The van der Waals surface area contributed by atoms with Crippen molar-refractivity contribution in [2.75, 3.05) is 11.1 Å². The molecule has 0 unspecified atom stereocenters. The number of hydrogen-bond donors (Lipinski definition) is 3. The lowest BCUT2D eigenvalue weighted by Crippen LogP contribution is -2.14. The van der Waals surface area contributed by atoms with Crippen LogP contribution in [0.2, 0.25) is 0 Å². The first-order chi connectivity index (χ1) is 9.38. The van der Waals surface area contributed by atoms with Gasteiger partial charge in [-0.05, 0) is 62.2 Å². The number of amides is 1. The Morgan fingerprint density at radius 1 is 1.10 bits per heavy atom. The molecule has 0 bridgehead atoms. The molecule has 2 aromatic carbocycles. The van der Waals surface area contributed by atoms with Crippen LogP contribution in [0.15, 0.2) is 43.7 Å². The van der Waals surface area contributed by atoms with Crippen LogP contribution in [0, 0.1) is 0 Å². The number of nitrogen functional groups attached to an aromatic ring is 1. The van der Waals surface area contributed by atoms with Crippen molar-refractivity contribution in [1.82, 2.24) is 0 Å². The van der Waals surface area contributed by atoms with Crippen LogP contribution in [0.1, 0.15) is 10.4 Å². The van der Waals surface area contributed by atoms with Gasteiger partial charge >= 0.3 is 0 Å². The van der Waals surface area contributed by atoms with E-state index in [0.29, 0.717) is 20.3 Å². The van der Waals surface area contributed by atoms with Crippen molar-refractivity contribution in [2.45, 2.75) is 0 Å². The van der Waals surface area contributed by atoms with Crippen LogP contribution in [-0.4, -0.2) is 11.0 Å². The number of benzene rings is 2. The Labute approximate surface area is 140 Å². The van der Waals surface area contributed by atoms with Gasteiger partial charge in [0.1, 0.15) is 5.75 Å². The molecular weight excluding hydrogens is 456 g/mol. The highest BCUT2D eigenvalue weighted by Crippen LogP contribution is 2.35. The third-order valence-corrected chi connectivity index (χ3v) is 4.24. The van der Waals surface area contributed by atoms with E-state index in [1.807, 2.05) is 12.1 Å². The molecule has 20 heavy (non-hydrogen) atoms. The third kappa shape index (κ3) is 3.34. The fourth-order valence-electron chi connectivity index (χ4n) is 1.58. The smallest absolute Gasteiger partial charge is 0.257 e. The first-order valence-electron chi connectivity index (χ1n) is 5.43. The van der Waals surface area contributed by atoms with Crippen molar-refractivity contribution in [1.29, 1.82) is 0 Å². The molecule has 0 aliphatic heterocycles. The molecule has 0 aromatic heterocycles. The zero-order chi connectivity index (χ0) is 14.9. The number of nitrogens with two attached hydrogens (primary N) is 1. The van der Waals surface area contributed by atoms with Gasteiger partial charge < -0.3 is 16.2 Å². The Bertz CT molecular complexity index is 666. The molecule has 0 fully saturated rings. The number of carbonyl (C=O) groups is 1. The van der Waals surface area contributed by atoms with Gasteiger partial charge in [-0.2, -0.15) is 0 Å². The van der Waals surface area contributed by atoms with Crippen molar-refractivity contribution in [3.05, 3.63) is 49.3 Å². The molecule has 2 rings (SSSR count). The van der Waals surface area contributed by atoms with Crippen LogP contribution in [0.4, 0.5) is 11.4 Å². The molecule has 2 aromatic rings. The van der Waals surface area contributed by atoms with Crippen LogP contribution in [-0.2, 0) is 0 Å². The summed E-state index contributed by atoms with van der Waals surface area (Å²) in [6, 6.07) is 7.86. The van der Waals surface area contributed by atoms with E-state index >= 15 is 0 Å². The molecule has 104 valence electrons. The van der Waals surface area contributed by atoms with Crippen LogP contribution in [0.25, 0.3) is 0 Å². The Morgan fingerprint density at radius 2 is 1.70 bits per heavy atom. The van der Waals surface area contributed by atoms with Crippen molar-refractivity contribution in [3.8, 4) is 5.75 Å². The molecule has 0 heterocycles. The highest BCUT2D eigenvalue weighted by atomic mass is 79.9. The van der Waals surface area contributed by atoms with Gasteiger partial charge in [0.15, 0.2) is 0 Å². The summed E-state index contributed by atoms with van der Waals surface area (Å²) in [6.07, 6.45) is 0. The zero-order valence-corrected chi connectivity index (χ0v) is 14.7. The summed E-state index contributed by atoms with van der Waals surface area (Å²) in [5.74, 6) is -0.416. The number of carbonyl (C=O) groups excluding carboxylic acids is 1. The standard InChI is InChI=1S/C13H9Br3N2O2/c14-6-3-9(15)12(10(16)4-6)18-13(20)8-5-7(19)1-2-11(8)17/h1-5,19H,17H2,(H,18,20). The molecule has 7 heteroatoms. The second-order valence-corrected chi connectivity index (χ2v) is 6.59. The van der Waals surface area contributed by atoms with Gasteiger partial charge in [0.25, 0.3) is 5.91 Å². The molecule has 0 spiro atoms. The molecular formula is C13H9Br3N2O2. The summed E-state index contributed by atoms with van der Waals surface area (Å²) >= 11 is 10.1. The van der Waals surface area contributed by atoms with Gasteiger partial charge in [-0.25, -0.2) is 0 Å². The summed E-state index contributed by atoms with van der Waals surface area (Å²) in [6.45, 7) is 0. The van der Waals surface area contributed by atoms with E-state index < -0.39 is 5.91 Å². The SMILES string of the molecule is Nc1ccc(O)cc1C(=O)Nc1c(Br)cc(Br)cc1Br. The predicted molar refractivity (Wildman–Crippen MR) is 90.0 cm³/mol. The monoisotopic (exact) mass is 462 g/mol. The molecule has 1 amide bonds. The summed E-state index contributed by atoms with van der Waals surface area (Å²) in [5.41, 5.74) is 6.84. The maximum absolute atomic E-state index is 12.2. The molecule has 0 saturated heterocycles. The van der Waals surface area contributed by atoms with Gasteiger partial charge in [-0.3, -0.25) is 4.79 Å². The number of phenolic OH excluding ortho intramolecular Hbond substituents is 1. The van der Waals surface area contributed by atoms with Gasteiger partial charge in [0, 0.05) is 19.1 Å². The number of halogens is 3. The van der Waals surface area contributed by atoms with Gasteiger partial charge in [-0.15, -0.1) is 0 Å². The largest absolute Gasteiger partial charge is 0.508 e. The highest BCUT2D eigenvalue weighted by Gasteiger charge is 2.14. The normalized spacial score (nSPS) is 10.3. The molecule has 4 N–H and O–H groups in total. The molecule has 4 nitrogen and oxygen atoms in total. The molecule has 0 radical (unpaired) electrons. The van der Waals surface area contributed by atoms with Crippen LogP contribution in [0.5, 0.6) is 5.75 Å². The van der Waals surface area contributed by atoms with Crippen molar-refractivity contribution >= 4 is 65.1 Å². The fourth-order valence-corrected chi connectivity index (χ4v) is 4.04. The van der Waals surface area contributed by atoms with E-state index in [9.17, 15) is 9.90 Å². The minimum Gasteiger partial charge on any atom is -0.508 e. The summed E-state index contributed by atoms with van der Waals surface area (Å²) < 4.78 is 2.29. The predicted octanol–water partition coefficient (Wildman–Crippen LogP) is 4.51. The van der Waals surface area contributed by atoms with Crippen LogP contribution in [0.3, 0.4) is 0 Å². The number of hydrogen-bond acceptors (Lipinski definition) is 3. The minimum atomic E-state index is -0.401. The lowest BCUT2D eigenvalue weighted by molar-refractivity contribution is 0.102. The number of phenols is 1. The molecule has 0 atom stereocenters. The summed E-state index contributed by atoms with van der Waals surface area (Å²) in [5, 5.41) is 12.2. The Morgan fingerprint density at radius 3 is 2.30 bits per heavy atom. The van der Waals surface area contributed by atoms with E-state index in [0.717, 1.165) is 4.47 Å². The number of rotatable bonds is 2. The van der Waals surface area contributed by atoms with E-state index in [1.54, 1.807) is 0 Å². The van der Waals surface area contributed by atoms with E-state index in [-0.39, 0.29) is 11.3 Å². The Hall–Kier alpha value is -1.05. The van der Waals surface area contributed by atoms with Crippen molar-refractivity contribution < 1.29 is 9.90 Å². The van der Waals surface area contributed by atoms with Crippen molar-refractivity contribution in [3.63, 3.8) is 0 Å². The van der Waals surface area contributed by atoms with E-state index in [4.69, 9.17) is 5.73 Å². The average Bonchev–Trinajstić information content (AvgIpc) is 2.36. The van der Waals surface area contributed by atoms with E-state index in [1.165, 1.54) is 18.2 Å². The lowest BCUT2D eigenvalue weighted by Gasteiger charge is -2.11. The van der Waals surface area contributed by atoms with Crippen LogP contribution >= 0.6 is 47.8 Å². The Kier molecular flexibility index (Phi) is 4.72. The van der Waals surface area contributed by atoms with Crippen LogP contribution < -0.4 is 11.1 Å². The molecule has 0 aliphatic rings. The molecule has 0 saturated carbocycles. The quantitative estimate of drug-likeness (QED) is 0.452. The van der Waals surface area contributed by atoms with E-state index in [2.05, 4.69) is 53.1 Å². The zero-order valence-electron chi connectivity index (χ0n) is 9.95. The third-order valence-electron chi connectivity index (χ3n) is 2.53. The average molecular weight is 465 g/mol. The lowest BCUT2D eigenvalue weighted by atomic mass is 10.1. The number of anilines is 2. The molecule has 0 aliphatic carbocycles. The maximum Gasteiger partial charge on any atom is 0.257 e.